The molecule has 1 heterocycles. The van der Waals surface area contributed by atoms with Gasteiger partial charge in [0.25, 0.3) is 0 Å². The number of nitrogens with zero attached hydrogens (tertiary/aromatic N) is 2. The summed E-state index contributed by atoms with van der Waals surface area (Å²) in [4.78, 5) is 8.60. The summed E-state index contributed by atoms with van der Waals surface area (Å²) in [5, 5.41) is 3.16. The van der Waals surface area contributed by atoms with Crippen LogP contribution in [0.4, 0.5) is 5.82 Å². The molecule has 0 radical (unpaired) electrons. The lowest BCUT2D eigenvalue weighted by Gasteiger charge is -2.30. The van der Waals surface area contributed by atoms with Crippen molar-refractivity contribution in [2.45, 2.75) is 52.1 Å². The molecule has 1 fully saturated rings. The Morgan fingerprint density at radius 1 is 1.28 bits per heavy atom. The third kappa shape index (κ3) is 3.34. The smallest absolute Gasteiger partial charge is 0.234 e. The molecule has 1 aromatic heterocycles. The Morgan fingerprint density at radius 3 is 2.89 bits per heavy atom. The molecular formula is C14H23N3O. The number of aromatic nitrogens is 2. The summed E-state index contributed by atoms with van der Waals surface area (Å²) in [5.41, 5.74) is 0. The van der Waals surface area contributed by atoms with E-state index >= 15 is 0 Å². The molecular weight excluding hydrogens is 226 g/mol. The van der Waals surface area contributed by atoms with Crippen molar-refractivity contribution in [3.05, 3.63) is 12.4 Å². The van der Waals surface area contributed by atoms with Gasteiger partial charge in [-0.25, -0.2) is 0 Å². The highest BCUT2D eigenvalue weighted by Crippen LogP contribution is 2.29. The molecule has 0 bridgehead atoms. The molecule has 4 heteroatoms. The first kappa shape index (κ1) is 13.1. The van der Waals surface area contributed by atoms with E-state index < -0.39 is 0 Å². The van der Waals surface area contributed by atoms with Gasteiger partial charge in [0, 0.05) is 6.54 Å². The molecule has 0 saturated heterocycles. The first-order chi connectivity index (χ1) is 8.83. The quantitative estimate of drug-likeness (QED) is 0.870. The molecule has 0 spiro atoms. The zero-order valence-corrected chi connectivity index (χ0v) is 11.4. The van der Waals surface area contributed by atoms with Gasteiger partial charge >= 0.3 is 0 Å². The predicted molar refractivity (Wildman–Crippen MR) is 72.9 cm³/mol. The fourth-order valence-electron chi connectivity index (χ4n) is 2.62. The zero-order valence-electron chi connectivity index (χ0n) is 11.4. The molecule has 2 unspecified atom stereocenters. The number of hydrogen-bond acceptors (Lipinski definition) is 4. The molecule has 1 aromatic rings. The van der Waals surface area contributed by atoms with Gasteiger partial charge in [0.2, 0.25) is 5.88 Å². The van der Waals surface area contributed by atoms with Crippen LogP contribution in [0.1, 0.15) is 46.0 Å². The van der Waals surface area contributed by atoms with Gasteiger partial charge in [-0.2, -0.15) is 4.98 Å². The molecule has 2 rings (SSSR count). The van der Waals surface area contributed by atoms with Gasteiger partial charge < -0.3 is 10.1 Å². The van der Waals surface area contributed by atoms with Crippen molar-refractivity contribution in [1.29, 1.82) is 0 Å². The van der Waals surface area contributed by atoms with Gasteiger partial charge in [-0.15, -0.1) is 0 Å². The molecule has 18 heavy (non-hydrogen) atoms. The topological polar surface area (TPSA) is 47.0 Å². The second-order valence-electron chi connectivity index (χ2n) is 4.88. The molecule has 0 aliphatic heterocycles. The van der Waals surface area contributed by atoms with Gasteiger partial charge in [0.05, 0.1) is 12.4 Å². The Bertz CT molecular complexity index is 370. The van der Waals surface area contributed by atoms with Crippen molar-refractivity contribution in [3.8, 4) is 5.88 Å². The molecule has 1 saturated carbocycles. The van der Waals surface area contributed by atoms with Crippen LogP contribution in [0.25, 0.3) is 0 Å². The van der Waals surface area contributed by atoms with Crippen LogP contribution in [0, 0.1) is 5.92 Å². The second-order valence-corrected chi connectivity index (χ2v) is 4.88. The van der Waals surface area contributed by atoms with Gasteiger partial charge in [0.15, 0.2) is 0 Å². The van der Waals surface area contributed by atoms with Crippen molar-refractivity contribution in [3.63, 3.8) is 0 Å². The van der Waals surface area contributed by atoms with E-state index in [0.717, 1.165) is 18.8 Å². The highest BCUT2D eigenvalue weighted by Gasteiger charge is 2.25. The average molecular weight is 249 g/mol. The zero-order chi connectivity index (χ0) is 12.8. The van der Waals surface area contributed by atoms with Gasteiger partial charge in [-0.3, -0.25) is 4.98 Å². The van der Waals surface area contributed by atoms with E-state index in [1.165, 1.54) is 25.7 Å². The standard InChI is InChI=1S/C14H23N3O/c1-3-11-7-5-6-8-12(11)18-14-10-15-9-13(17-14)16-4-2/h9-12H,3-8H2,1-2H3,(H,16,17). The van der Waals surface area contributed by atoms with Gasteiger partial charge in [-0.05, 0) is 38.5 Å². The van der Waals surface area contributed by atoms with Gasteiger partial charge in [0.1, 0.15) is 11.9 Å². The minimum atomic E-state index is 0.315. The minimum absolute atomic E-state index is 0.315. The van der Waals surface area contributed by atoms with Crippen molar-refractivity contribution >= 4 is 5.82 Å². The number of hydrogen-bond donors (Lipinski definition) is 1. The Balaban J connectivity index is 2.00. The SMILES string of the molecule is CCNc1cncc(OC2CCCCC2CC)n1. The van der Waals surface area contributed by atoms with E-state index in [4.69, 9.17) is 4.74 Å². The largest absolute Gasteiger partial charge is 0.473 e. The van der Waals surface area contributed by atoms with Crippen LogP contribution in [0.3, 0.4) is 0 Å². The van der Waals surface area contributed by atoms with E-state index in [1.54, 1.807) is 12.4 Å². The van der Waals surface area contributed by atoms with Crippen molar-refractivity contribution in [2.75, 3.05) is 11.9 Å². The Labute approximate surface area is 109 Å². The van der Waals surface area contributed by atoms with E-state index in [1.807, 2.05) is 6.92 Å². The first-order valence-electron chi connectivity index (χ1n) is 7.06. The third-order valence-corrected chi connectivity index (χ3v) is 3.61. The number of nitrogens with one attached hydrogen (secondary N) is 1. The lowest BCUT2D eigenvalue weighted by molar-refractivity contribution is 0.0856. The average Bonchev–Trinajstić information content (AvgIpc) is 2.40. The lowest BCUT2D eigenvalue weighted by atomic mass is 9.85. The Morgan fingerprint density at radius 2 is 2.11 bits per heavy atom. The van der Waals surface area contributed by atoms with Crippen molar-refractivity contribution < 1.29 is 4.74 Å². The molecule has 0 amide bonds. The molecule has 0 aromatic carbocycles. The monoisotopic (exact) mass is 249 g/mol. The fraction of sp³-hybridized carbons (Fsp3) is 0.714. The van der Waals surface area contributed by atoms with Crippen molar-refractivity contribution in [2.24, 2.45) is 5.92 Å². The van der Waals surface area contributed by atoms with E-state index in [-0.39, 0.29) is 0 Å². The predicted octanol–water partition coefficient (Wildman–Crippen LogP) is 3.26. The number of anilines is 1. The molecule has 4 nitrogen and oxygen atoms in total. The maximum atomic E-state index is 6.03. The number of rotatable bonds is 5. The maximum Gasteiger partial charge on any atom is 0.234 e. The molecule has 2 atom stereocenters. The van der Waals surface area contributed by atoms with E-state index in [9.17, 15) is 0 Å². The summed E-state index contributed by atoms with van der Waals surface area (Å²) >= 11 is 0. The van der Waals surface area contributed by atoms with Crippen LogP contribution in [0.2, 0.25) is 0 Å². The minimum Gasteiger partial charge on any atom is -0.473 e. The lowest BCUT2D eigenvalue weighted by Crippen LogP contribution is -2.30. The number of ether oxygens (including phenoxy) is 1. The highest BCUT2D eigenvalue weighted by molar-refractivity contribution is 5.32. The van der Waals surface area contributed by atoms with Crippen LogP contribution >= 0.6 is 0 Å². The normalized spacial score (nSPS) is 23.7. The summed E-state index contributed by atoms with van der Waals surface area (Å²) in [6.07, 6.45) is 9.97. The summed E-state index contributed by atoms with van der Waals surface area (Å²) < 4.78 is 6.03. The molecule has 100 valence electrons. The van der Waals surface area contributed by atoms with E-state index in [0.29, 0.717) is 17.9 Å². The van der Waals surface area contributed by atoms with E-state index in [2.05, 4.69) is 22.2 Å². The fourth-order valence-corrected chi connectivity index (χ4v) is 2.62. The Kier molecular flexibility index (Phi) is 4.79. The van der Waals surface area contributed by atoms with Crippen LogP contribution in [0.15, 0.2) is 12.4 Å². The van der Waals surface area contributed by atoms with Crippen LogP contribution < -0.4 is 10.1 Å². The summed E-state index contributed by atoms with van der Waals surface area (Å²) in [6, 6.07) is 0. The summed E-state index contributed by atoms with van der Waals surface area (Å²) in [5.74, 6) is 2.11. The third-order valence-electron chi connectivity index (χ3n) is 3.61. The van der Waals surface area contributed by atoms with Crippen molar-refractivity contribution in [1.82, 2.24) is 9.97 Å². The summed E-state index contributed by atoms with van der Waals surface area (Å²) in [7, 11) is 0. The van der Waals surface area contributed by atoms with Crippen LogP contribution in [0.5, 0.6) is 5.88 Å². The highest BCUT2D eigenvalue weighted by atomic mass is 16.5. The Hall–Kier alpha value is -1.32. The van der Waals surface area contributed by atoms with Crippen LogP contribution in [-0.2, 0) is 0 Å². The van der Waals surface area contributed by atoms with Crippen LogP contribution in [-0.4, -0.2) is 22.6 Å². The second kappa shape index (κ2) is 6.57. The molecule has 1 aliphatic rings. The first-order valence-corrected chi connectivity index (χ1v) is 7.06. The molecule has 1 N–H and O–H groups in total. The maximum absolute atomic E-state index is 6.03. The summed E-state index contributed by atoms with van der Waals surface area (Å²) in [6.45, 7) is 5.13. The van der Waals surface area contributed by atoms with Gasteiger partial charge in [-0.1, -0.05) is 13.3 Å². The molecule has 1 aliphatic carbocycles.